The molecule has 6 nitrogen and oxygen atoms in total. The van der Waals surface area contributed by atoms with Gasteiger partial charge in [-0.2, -0.15) is 0 Å². The van der Waals surface area contributed by atoms with Crippen LogP contribution in [0.5, 0.6) is 17.2 Å². The van der Waals surface area contributed by atoms with Gasteiger partial charge in [0.2, 0.25) is 5.78 Å². The Labute approximate surface area is 163 Å². The van der Waals surface area contributed by atoms with Crippen LogP contribution in [-0.4, -0.2) is 32.1 Å². The highest BCUT2D eigenvalue weighted by atomic mass is 16.5. The molecule has 28 heavy (non-hydrogen) atoms. The van der Waals surface area contributed by atoms with Crippen LogP contribution in [0.1, 0.15) is 46.5 Å². The number of benzene rings is 2. The monoisotopic (exact) mass is 382 g/mol. The molecule has 0 N–H and O–H groups in total. The second kappa shape index (κ2) is 8.61. The van der Waals surface area contributed by atoms with Crippen LogP contribution in [0.15, 0.2) is 42.2 Å². The summed E-state index contributed by atoms with van der Waals surface area (Å²) in [6.07, 6.45) is 2.54. The predicted molar refractivity (Wildman–Crippen MR) is 104 cm³/mol. The molecule has 2 aromatic rings. The summed E-state index contributed by atoms with van der Waals surface area (Å²) in [5.74, 6) is 1.08. The minimum atomic E-state index is -0.503. The number of carbonyl (C=O) groups excluding carboxylic acids is 2. The molecule has 146 valence electrons. The summed E-state index contributed by atoms with van der Waals surface area (Å²) in [5, 5.41) is 0. The van der Waals surface area contributed by atoms with Gasteiger partial charge >= 0.3 is 5.97 Å². The molecule has 0 aromatic heterocycles. The van der Waals surface area contributed by atoms with E-state index < -0.39 is 5.97 Å². The number of esters is 1. The maximum Gasteiger partial charge on any atom is 0.337 e. The largest absolute Gasteiger partial charge is 0.490 e. The van der Waals surface area contributed by atoms with Gasteiger partial charge in [-0.05, 0) is 55.3 Å². The van der Waals surface area contributed by atoms with Crippen LogP contribution in [0.2, 0.25) is 0 Å². The van der Waals surface area contributed by atoms with Crippen LogP contribution in [0, 0.1) is 0 Å². The fourth-order valence-electron chi connectivity index (χ4n) is 2.80. The van der Waals surface area contributed by atoms with Gasteiger partial charge in [0.1, 0.15) is 5.75 Å². The molecule has 1 heterocycles. The van der Waals surface area contributed by atoms with Gasteiger partial charge in [-0.3, -0.25) is 4.79 Å². The van der Waals surface area contributed by atoms with Crippen molar-refractivity contribution in [3.05, 3.63) is 58.8 Å². The van der Waals surface area contributed by atoms with Crippen LogP contribution in [-0.2, 0) is 4.74 Å². The number of ketones is 1. The van der Waals surface area contributed by atoms with Gasteiger partial charge in [0.05, 0.1) is 31.5 Å². The van der Waals surface area contributed by atoms with Crippen molar-refractivity contribution < 1.29 is 28.5 Å². The smallest absolute Gasteiger partial charge is 0.337 e. The quantitative estimate of drug-likeness (QED) is 0.526. The summed E-state index contributed by atoms with van der Waals surface area (Å²) in [5.41, 5.74) is 1.38. The van der Waals surface area contributed by atoms with E-state index in [0.29, 0.717) is 41.6 Å². The first-order valence-electron chi connectivity index (χ1n) is 9.13. The average Bonchev–Trinajstić information content (AvgIpc) is 3.02. The number of methoxy groups -OCH3 is 1. The third-order valence-electron chi connectivity index (χ3n) is 4.12. The summed E-state index contributed by atoms with van der Waals surface area (Å²) in [7, 11) is 1.29. The fraction of sp³-hybridized carbons (Fsp3) is 0.273. The third-order valence-corrected chi connectivity index (χ3v) is 4.12. The second-order valence-electron chi connectivity index (χ2n) is 6.13. The summed E-state index contributed by atoms with van der Waals surface area (Å²) < 4.78 is 21.7. The van der Waals surface area contributed by atoms with Crippen LogP contribution in [0.4, 0.5) is 0 Å². The van der Waals surface area contributed by atoms with Crippen LogP contribution in [0.3, 0.4) is 0 Å². The van der Waals surface area contributed by atoms with Gasteiger partial charge in [0.15, 0.2) is 17.3 Å². The molecule has 2 aromatic carbocycles. The Morgan fingerprint density at radius 3 is 2.61 bits per heavy atom. The van der Waals surface area contributed by atoms with Gasteiger partial charge < -0.3 is 18.9 Å². The Kier molecular flexibility index (Phi) is 5.99. The average molecular weight is 382 g/mol. The normalized spacial score (nSPS) is 13.8. The molecule has 0 bridgehead atoms. The van der Waals surface area contributed by atoms with Gasteiger partial charge in [-0.1, -0.05) is 13.0 Å². The fourth-order valence-corrected chi connectivity index (χ4v) is 2.80. The maximum atomic E-state index is 12.7. The first-order valence-corrected chi connectivity index (χ1v) is 9.13. The number of rotatable bonds is 7. The van der Waals surface area contributed by atoms with E-state index in [4.69, 9.17) is 18.9 Å². The van der Waals surface area contributed by atoms with Crippen molar-refractivity contribution in [2.24, 2.45) is 0 Å². The third kappa shape index (κ3) is 4.01. The van der Waals surface area contributed by atoms with Crippen molar-refractivity contribution in [1.82, 2.24) is 0 Å². The van der Waals surface area contributed by atoms with Crippen molar-refractivity contribution >= 4 is 17.8 Å². The molecule has 1 aliphatic heterocycles. The molecule has 0 saturated carbocycles. The summed E-state index contributed by atoms with van der Waals surface area (Å²) in [4.78, 5) is 24.4. The second-order valence-corrected chi connectivity index (χ2v) is 6.13. The van der Waals surface area contributed by atoms with Gasteiger partial charge in [0.25, 0.3) is 0 Å². The van der Waals surface area contributed by atoms with Crippen molar-refractivity contribution in [2.75, 3.05) is 20.3 Å². The molecule has 3 rings (SSSR count). The number of ether oxygens (including phenoxy) is 4. The molecule has 0 unspecified atom stereocenters. The molecule has 0 radical (unpaired) electrons. The molecule has 6 heteroatoms. The molecule has 1 aliphatic rings. The van der Waals surface area contributed by atoms with Crippen molar-refractivity contribution in [3.8, 4) is 17.2 Å². The molecule has 0 atom stereocenters. The Morgan fingerprint density at radius 1 is 1.07 bits per heavy atom. The molecule has 0 spiro atoms. The van der Waals surface area contributed by atoms with E-state index in [2.05, 4.69) is 0 Å². The number of hydrogen-bond donors (Lipinski definition) is 0. The number of hydrogen-bond acceptors (Lipinski definition) is 6. The van der Waals surface area contributed by atoms with Crippen molar-refractivity contribution in [3.63, 3.8) is 0 Å². The zero-order valence-corrected chi connectivity index (χ0v) is 16.1. The standard InChI is InChI=1S/C22H22O6/c1-4-10-27-18-8-6-14(11-19(18)26-5-2)12-20-21(23)16-13-15(22(24)25-3)7-9-17(16)28-20/h6-9,11-13H,4-5,10H2,1-3H3/b20-12-. The van der Waals surface area contributed by atoms with E-state index in [-0.39, 0.29) is 11.5 Å². The minimum Gasteiger partial charge on any atom is -0.490 e. The molecule has 0 aliphatic carbocycles. The lowest BCUT2D eigenvalue weighted by atomic mass is 10.1. The van der Waals surface area contributed by atoms with E-state index in [1.807, 2.05) is 26.0 Å². The Bertz CT molecular complexity index is 929. The number of carbonyl (C=O) groups is 2. The lowest BCUT2D eigenvalue weighted by Gasteiger charge is -2.12. The highest BCUT2D eigenvalue weighted by molar-refractivity contribution is 6.15. The molecule has 0 fully saturated rings. The topological polar surface area (TPSA) is 71.1 Å². The SMILES string of the molecule is CCCOc1ccc(/C=C2\Oc3ccc(C(=O)OC)cc3C2=O)cc1OCC. The lowest BCUT2D eigenvalue weighted by Crippen LogP contribution is -2.03. The highest BCUT2D eigenvalue weighted by Crippen LogP contribution is 2.34. The Morgan fingerprint density at radius 2 is 1.89 bits per heavy atom. The Hall–Kier alpha value is -3.28. The van der Waals surface area contributed by atoms with Gasteiger partial charge in [-0.15, -0.1) is 0 Å². The van der Waals surface area contributed by atoms with E-state index in [0.717, 1.165) is 12.0 Å². The molecular weight excluding hydrogens is 360 g/mol. The van der Waals surface area contributed by atoms with E-state index >= 15 is 0 Å². The predicted octanol–water partition coefficient (Wildman–Crippen LogP) is 4.28. The number of fused-ring (bicyclic) bond motifs is 1. The van der Waals surface area contributed by atoms with Crippen LogP contribution in [0.25, 0.3) is 6.08 Å². The van der Waals surface area contributed by atoms with Crippen LogP contribution >= 0.6 is 0 Å². The lowest BCUT2D eigenvalue weighted by molar-refractivity contribution is 0.0600. The first-order chi connectivity index (χ1) is 13.6. The van der Waals surface area contributed by atoms with E-state index in [1.165, 1.54) is 13.2 Å². The van der Waals surface area contributed by atoms with E-state index in [9.17, 15) is 9.59 Å². The first kappa shape index (κ1) is 19.5. The van der Waals surface area contributed by atoms with Crippen molar-refractivity contribution in [2.45, 2.75) is 20.3 Å². The zero-order valence-electron chi connectivity index (χ0n) is 16.1. The van der Waals surface area contributed by atoms with Crippen molar-refractivity contribution in [1.29, 1.82) is 0 Å². The maximum absolute atomic E-state index is 12.7. The molecular formula is C22H22O6. The number of allylic oxidation sites excluding steroid dienone is 1. The minimum absolute atomic E-state index is 0.182. The summed E-state index contributed by atoms with van der Waals surface area (Å²) >= 11 is 0. The summed E-state index contributed by atoms with van der Waals surface area (Å²) in [6.45, 7) is 5.03. The number of Topliss-reactive ketones (excluding diaryl/α,β-unsaturated/α-hetero) is 1. The molecule has 0 saturated heterocycles. The van der Waals surface area contributed by atoms with Gasteiger partial charge in [0, 0.05) is 0 Å². The van der Waals surface area contributed by atoms with Crippen LogP contribution < -0.4 is 14.2 Å². The van der Waals surface area contributed by atoms with Gasteiger partial charge in [-0.25, -0.2) is 4.79 Å². The molecule has 0 amide bonds. The van der Waals surface area contributed by atoms with E-state index in [1.54, 1.807) is 24.3 Å². The summed E-state index contributed by atoms with van der Waals surface area (Å²) in [6, 6.07) is 10.1. The zero-order chi connectivity index (χ0) is 20.1. The highest BCUT2D eigenvalue weighted by Gasteiger charge is 2.28. The Balaban J connectivity index is 1.88.